The summed E-state index contributed by atoms with van der Waals surface area (Å²) in [7, 11) is 0. The first-order valence-electron chi connectivity index (χ1n) is 11.2. The van der Waals surface area contributed by atoms with Crippen LogP contribution < -0.4 is 5.32 Å². The molecule has 31 heavy (non-hydrogen) atoms. The van der Waals surface area contributed by atoms with Gasteiger partial charge in [0.05, 0.1) is 0 Å². The van der Waals surface area contributed by atoms with Crippen molar-refractivity contribution in [1.82, 2.24) is 14.8 Å². The average Bonchev–Trinajstić information content (AvgIpc) is 2.80. The van der Waals surface area contributed by atoms with E-state index in [4.69, 9.17) is 0 Å². The van der Waals surface area contributed by atoms with Gasteiger partial charge in [0.2, 0.25) is 0 Å². The molecule has 4 rings (SSSR count). The monoisotopic (exact) mass is 416 g/mol. The molecule has 1 aliphatic rings. The number of anilines is 2. The maximum Gasteiger partial charge on any atom is 0.120 e. The predicted octanol–water partition coefficient (Wildman–Crippen LogP) is 4.93. The van der Waals surface area contributed by atoms with E-state index in [1.807, 2.05) is 12.3 Å². The molecule has 0 radical (unpaired) electrons. The van der Waals surface area contributed by atoms with Crippen LogP contribution in [-0.4, -0.2) is 39.5 Å². The minimum absolute atomic E-state index is 0.350. The van der Waals surface area contributed by atoms with Crippen molar-refractivity contribution < 1.29 is 5.11 Å². The SMILES string of the molecule is CCN(CC)Cc1cc(Nc2ccnc3c2CN(Cc2ccccc2)CC3)ccc1O. The minimum Gasteiger partial charge on any atom is -0.508 e. The molecule has 1 aliphatic heterocycles. The number of nitrogens with one attached hydrogen (secondary N) is 1. The minimum atomic E-state index is 0.350. The smallest absolute Gasteiger partial charge is 0.120 e. The molecule has 0 saturated carbocycles. The van der Waals surface area contributed by atoms with Gasteiger partial charge in [-0.25, -0.2) is 0 Å². The van der Waals surface area contributed by atoms with Gasteiger partial charge < -0.3 is 10.4 Å². The first kappa shape index (κ1) is 21.3. The topological polar surface area (TPSA) is 51.6 Å². The van der Waals surface area contributed by atoms with E-state index in [9.17, 15) is 5.11 Å². The Labute approximate surface area is 185 Å². The maximum absolute atomic E-state index is 10.3. The first-order chi connectivity index (χ1) is 15.2. The number of phenolic OH excluding ortho intramolecular Hbond substituents is 1. The van der Waals surface area contributed by atoms with Gasteiger partial charge in [-0.15, -0.1) is 0 Å². The van der Waals surface area contributed by atoms with E-state index < -0.39 is 0 Å². The molecule has 0 atom stereocenters. The highest BCUT2D eigenvalue weighted by Crippen LogP contribution is 2.30. The van der Waals surface area contributed by atoms with Gasteiger partial charge in [0, 0.05) is 67.0 Å². The molecule has 0 amide bonds. The van der Waals surface area contributed by atoms with Gasteiger partial charge in [-0.2, -0.15) is 0 Å². The molecule has 162 valence electrons. The second-order valence-electron chi connectivity index (χ2n) is 8.16. The predicted molar refractivity (Wildman–Crippen MR) is 127 cm³/mol. The van der Waals surface area contributed by atoms with Crippen LogP contribution in [0.15, 0.2) is 60.8 Å². The van der Waals surface area contributed by atoms with Crippen molar-refractivity contribution in [3.05, 3.63) is 83.2 Å². The van der Waals surface area contributed by atoms with Crippen molar-refractivity contribution >= 4 is 11.4 Å². The van der Waals surface area contributed by atoms with Crippen LogP contribution in [0.2, 0.25) is 0 Å². The molecular weight excluding hydrogens is 384 g/mol. The fourth-order valence-corrected chi connectivity index (χ4v) is 4.22. The number of fused-ring (bicyclic) bond motifs is 1. The third-order valence-electron chi connectivity index (χ3n) is 6.09. The Bertz CT molecular complexity index is 1000. The second-order valence-corrected chi connectivity index (χ2v) is 8.16. The van der Waals surface area contributed by atoms with E-state index in [1.54, 1.807) is 6.07 Å². The number of rotatable bonds is 8. The largest absolute Gasteiger partial charge is 0.508 e. The number of nitrogens with zero attached hydrogens (tertiary/aromatic N) is 3. The molecule has 5 heteroatoms. The van der Waals surface area contributed by atoms with Gasteiger partial charge in [-0.05, 0) is 42.9 Å². The van der Waals surface area contributed by atoms with E-state index in [1.165, 1.54) is 16.8 Å². The average molecular weight is 417 g/mol. The molecule has 2 heterocycles. The van der Waals surface area contributed by atoms with Crippen LogP contribution >= 0.6 is 0 Å². The van der Waals surface area contributed by atoms with E-state index in [-0.39, 0.29) is 0 Å². The Hall–Kier alpha value is -2.89. The molecule has 0 saturated heterocycles. The number of hydrogen-bond donors (Lipinski definition) is 2. The first-order valence-corrected chi connectivity index (χ1v) is 11.2. The van der Waals surface area contributed by atoms with Gasteiger partial charge in [0.15, 0.2) is 0 Å². The fraction of sp³-hybridized carbons (Fsp3) is 0.346. The molecule has 0 aliphatic carbocycles. The Morgan fingerprint density at radius 3 is 2.65 bits per heavy atom. The fourth-order valence-electron chi connectivity index (χ4n) is 4.22. The number of aromatic nitrogens is 1. The summed E-state index contributed by atoms with van der Waals surface area (Å²) in [5, 5.41) is 13.9. The number of benzene rings is 2. The summed E-state index contributed by atoms with van der Waals surface area (Å²) in [5.41, 5.74) is 6.82. The van der Waals surface area contributed by atoms with Crippen molar-refractivity contribution in [2.75, 3.05) is 25.0 Å². The van der Waals surface area contributed by atoms with Crippen LogP contribution in [0.25, 0.3) is 0 Å². The van der Waals surface area contributed by atoms with E-state index in [0.29, 0.717) is 5.75 Å². The summed E-state index contributed by atoms with van der Waals surface area (Å²) in [6, 6.07) is 18.5. The lowest BCUT2D eigenvalue weighted by Gasteiger charge is -2.30. The summed E-state index contributed by atoms with van der Waals surface area (Å²) in [6.45, 7) is 9.80. The molecule has 0 unspecified atom stereocenters. The Balaban J connectivity index is 1.53. The third kappa shape index (κ3) is 5.24. The lowest BCUT2D eigenvalue weighted by atomic mass is 10.0. The van der Waals surface area contributed by atoms with Gasteiger partial charge in [-0.3, -0.25) is 14.8 Å². The van der Waals surface area contributed by atoms with Crippen molar-refractivity contribution in [2.45, 2.75) is 39.9 Å². The highest BCUT2D eigenvalue weighted by Gasteiger charge is 2.20. The summed E-state index contributed by atoms with van der Waals surface area (Å²) < 4.78 is 0. The molecule has 1 aromatic heterocycles. The quantitative estimate of drug-likeness (QED) is 0.510. The second kappa shape index (κ2) is 9.94. The van der Waals surface area contributed by atoms with Crippen molar-refractivity contribution in [2.24, 2.45) is 0 Å². The van der Waals surface area contributed by atoms with Crippen LogP contribution in [-0.2, 0) is 26.1 Å². The number of aromatic hydroxyl groups is 1. The van der Waals surface area contributed by atoms with Gasteiger partial charge in [-0.1, -0.05) is 44.2 Å². The number of pyridine rings is 1. The Kier molecular flexibility index (Phi) is 6.85. The zero-order chi connectivity index (χ0) is 21.6. The Morgan fingerprint density at radius 2 is 1.87 bits per heavy atom. The molecular formula is C26H32N4O. The highest BCUT2D eigenvalue weighted by atomic mass is 16.3. The lowest BCUT2D eigenvalue weighted by Crippen LogP contribution is -2.31. The number of phenols is 1. The highest BCUT2D eigenvalue weighted by molar-refractivity contribution is 5.65. The van der Waals surface area contributed by atoms with Crippen LogP contribution in [0.4, 0.5) is 11.4 Å². The van der Waals surface area contributed by atoms with E-state index in [2.05, 4.69) is 76.4 Å². The molecule has 5 nitrogen and oxygen atoms in total. The van der Waals surface area contributed by atoms with Crippen molar-refractivity contribution in [1.29, 1.82) is 0 Å². The van der Waals surface area contributed by atoms with Gasteiger partial charge in [0.1, 0.15) is 5.75 Å². The molecule has 0 spiro atoms. The summed E-state index contributed by atoms with van der Waals surface area (Å²) in [4.78, 5) is 9.42. The third-order valence-corrected chi connectivity index (χ3v) is 6.09. The van der Waals surface area contributed by atoms with Crippen molar-refractivity contribution in [3.63, 3.8) is 0 Å². The Morgan fingerprint density at radius 1 is 1.06 bits per heavy atom. The summed E-state index contributed by atoms with van der Waals surface area (Å²) in [6.07, 6.45) is 2.85. The van der Waals surface area contributed by atoms with Crippen molar-refractivity contribution in [3.8, 4) is 5.75 Å². The van der Waals surface area contributed by atoms with Crippen LogP contribution in [0.5, 0.6) is 5.75 Å². The number of hydrogen-bond acceptors (Lipinski definition) is 5. The van der Waals surface area contributed by atoms with Crippen LogP contribution in [0, 0.1) is 0 Å². The van der Waals surface area contributed by atoms with Crippen LogP contribution in [0.1, 0.15) is 36.2 Å². The van der Waals surface area contributed by atoms with Crippen LogP contribution in [0.3, 0.4) is 0 Å². The summed E-state index contributed by atoms with van der Waals surface area (Å²) in [5.74, 6) is 0.350. The zero-order valence-electron chi connectivity index (χ0n) is 18.5. The molecule has 3 aromatic rings. The lowest BCUT2D eigenvalue weighted by molar-refractivity contribution is 0.244. The van der Waals surface area contributed by atoms with Gasteiger partial charge >= 0.3 is 0 Å². The zero-order valence-corrected chi connectivity index (χ0v) is 18.5. The maximum atomic E-state index is 10.3. The molecule has 0 fully saturated rings. The van der Waals surface area contributed by atoms with E-state index >= 15 is 0 Å². The van der Waals surface area contributed by atoms with Gasteiger partial charge in [0.25, 0.3) is 0 Å². The molecule has 0 bridgehead atoms. The van der Waals surface area contributed by atoms with E-state index in [0.717, 1.165) is 62.6 Å². The molecule has 2 N–H and O–H groups in total. The standard InChI is InChI=1S/C26H32N4O/c1-3-29(4-2)18-21-16-22(10-11-26(21)31)28-25-12-14-27-24-13-15-30(19-23(24)25)17-20-8-6-5-7-9-20/h5-12,14,16,31H,3-4,13,15,17-19H2,1-2H3,(H,27,28). The summed E-state index contributed by atoms with van der Waals surface area (Å²) >= 11 is 0. The normalized spacial score (nSPS) is 13.9. The molecule has 2 aromatic carbocycles.